The zero-order chi connectivity index (χ0) is 18.1. The van der Waals surface area contributed by atoms with Crippen molar-refractivity contribution >= 4 is 27.5 Å². The molecule has 2 aromatic carbocycles. The predicted octanol–water partition coefficient (Wildman–Crippen LogP) is 5.09. The third-order valence-electron chi connectivity index (χ3n) is 4.57. The van der Waals surface area contributed by atoms with E-state index in [4.69, 9.17) is 0 Å². The number of carbonyl (C=O) groups excluding carboxylic acids is 1. The highest BCUT2D eigenvalue weighted by molar-refractivity contribution is 7.16. The van der Waals surface area contributed by atoms with E-state index in [9.17, 15) is 4.79 Å². The van der Waals surface area contributed by atoms with Crippen LogP contribution in [0.5, 0.6) is 0 Å². The van der Waals surface area contributed by atoms with Gasteiger partial charge in [0.15, 0.2) is 4.80 Å². The minimum atomic E-state index is -0.161. The van der Waals surface area contributed by atoms with Crippen LogP contribution in [0.25, 0.3) is 10.2 Å². The summed E-state index contributed by atoms with van der Waals surface area (Å²) in [7, 11) is 0. The highest BCUT2D eigenvalue weighted by Crippen LogP contribution is 2.22. The maximum atomic E-state index is 12.8. The molecule has 0 aliphatic rings. The van der Waals surface area contributed by atoms with Gasteiger partial charge in [-0.1, -0.05) is 36.0 Å². The highest BCUT2D eigenvalue weighted by Gasteiger charge is 2.12. The molecule has 0 N–H and O–H groups in total. The van der Waals surface area contributed by atoms with Crippen molar-refractivity contribution in [2.45, 2.75) is 47.6 Å². The third kappa shape index (κ3) is 3.45. The molecule has 4 heteroatoms. The Morgan fingerprint density at radius 1 is 1.04 bits per heavy atom. The molecule has 25 heavy (non-hydrogen) atoms. The number of aryl methyl sites for hydroxylation is 5. The van der Waals surface area contributed by atoms with Crippen molar-refractivity contribution in [1.82, 2.24) is 4.57 Å². The van der Waals surface area contributed by atoms with E-state index in [-0.39, 0.29) is 5.91 Å². The standard InChI is InChI=1S/C21H24N2OS/c1-6-9-23-18-11-15(4)16(5)12-19(18)25-21(23)22-20(24)17-10-13(2)7-8-14(17)3/h7-8,10-12H,6,9H2,1-5H3. The van der Waals surface area contributed by atoms with E-state index in [0.29, 0.717) is 5.56 Å². The Hall–Kier alpha value is -2.20. The Balaban J connectivity index is 2.19. The number of rotatable bonds is 3. The Bertz CT molecular complexity index is 1020. The molecule has 130 valence electrons. The summed E-state index contributed by atoms with van der Waals surface area (Å²) in [6.45, 7) is 11.2. The number of hydrogen-bond donors (Lipinski definition) is 0. The van der Waals surface area contributed by atoms with E-state index in [2.05, 4.69) is 42.5 Å². The molecule has 0 atom stereocenters. The van der Waals surface area contributed by atoms with Crippen molar-refractivity contribution in [2.24, 2.45) is 4.99 Å². The quantitative estimate of drug-likeness (QED) is 0.646. The van der Waals surface area contributed by atoms with Crippen molar-refractivity contribution in [3.05, 3.63) is 63.0 Å². The molecule has 0 unspecified atom stereocenters. The number of amides is 1. The Labute approximate surface area is 152 Å². The molecule has 1 amide bonds. The number of nitrogens with zero attached hydrogens (tertiary/aromatic N) is 2. The van der Waals surface area contributed by atoms with Gasteiger partial charge in [-0.25, -0.2) is 0 Å². The van der Waals surface area contributed by atoms with E-state index in [1.54, 1.807) is 11.3 Å². The minimum Gasteiger partial charge on any atom is -0.316 e. The molecule has 0 aliphatic carbocycles. The topological polar surface area (TPSA) is 34.4 Å². The molecule has 0 fully saturated rings. The molecule has 3 aromatic rings. The summed E-state index contributed by atoms with van der Waals surface area (Å²) < 4.78 is 3.36. The molecular formula is C21H24N2OS. The van der Waals surface area contributed by atoms with Crippen molar-refractivity contribution in [3.63, 3.8) is 0 Å². The first kappa shape index (κ1) is 17.6. The van der Waals surface area contributed by atoms with Crippen molar-refractivity contribution < 1.29 is 4.79 Å². The van der Waals surface area contributed by atoms with Gasteiger partial charge < -0.3 is 4.57 Å². The number of hydrogen-bond acceptors (Lipinski definition) is 2. The van der Waals surface area contributed by atoms with E-state index in [1.807, 2.05) is 32.0 Å². The summed E-state index contributed by atoms with van der Waals surface area (Å²) in [6, 6.07) is 10.3. The zero-order valence-electron chi connectivity index (χ0n) is 15.5. The molecule has 0 spiro atoms. The molecule has 1 heterocycles. The average molecular weight is 353 g/mol. The zero-order valence-corrected chi connectivity index (χ0v) is 16.3. The van der Waals surface area contributed by atoms with Gasteiger partial charge in [-0.15, -0.1) is 0 Å². The Morgan fingerprint density at radius 3 is 2.48 bits per heavy atom. The summed E-state index contributed by atoms with van der Waals surface area (Å²) in [5.74, 6) is -0.161. The second-order valence-electron chi connectivity index (χ2n) is 6.68. The second-order valence-corrected chi connectivity index (χ2v) is 7.68. The summed E-state index contributed by atoms with van der Waals surface area (Å²) >= 11 is 1.60. The van der Waals surface area contributed by atoms with Crippen LogP contribution in [0.3, 0.4) is 0 Å². The van der Waals surface area contributed by atoms with E-state index in [1.165, 1.54) is 21.3 Å². The van der Waals surface area contributed by atoms with Crippen molar-refractivity contribution in [2.75, 3.05) is 0 Å². The molecule has 1 aromatic heterocycles. The SMILES string of the molecule is CCCn1c(=NC(=O)c2cc(C)ccc2C)sc2cc(C)c(C)cc21. The van der Waals surface area contributed by atoms with Gasteiger partial charge in [-0.05, 0) is 69.0 Å². The van der Waals surface area contributed by atoms with Crippen LogP contribution in [0.15, 0.2) is 35.3 Å². The monoisotopic (exact) mass is 352 g/mol. The van der Waals surface area contributed by atoms with Crippen molar-refractivity contribution in [3.8, 4) is 0 Å². The molecule has 0 radical (unpaired) electrons. The van der Waals surface area contributed by atoms with Gasteiger partial charge in [0.2, 0.25) is 0 Å². The van der Waals surface area contributed by atoms with Crippen LogP contribution in [-0.4, -0.2) is 10.5 Å². The van der Waals surface area contributed by atoms with Crippen molar-refractivity contribution in [1.29, 1.82) is 0 Å². The summed E-state index contributed by atoms with van der Waals surface area (Å²) in [5, 5.41) is 0. The van der Waals surface area contributed by atoms with Gasteiger partial charge in [0.1, 0.15) is 0 Å². The second kappa shape index (κ2) is 6.96. The first-order chi connectivity index (χ1) is 11.9. The molecule has 0 saturated heterocycles. The number of aromatic nitrogens is 1. The van der Waals surface area contributed by atoms with Gasteiger partial charge in [0.25, 0.3) is 5.91 Å². The maximum absolute atomic E-state index is 12.8. The molecule has 3 nitrogen and oxygen atoms in total. The van der Waals surface area contributed by atoms with E-state index < -0.39 is 0 Å². The van der Waals surface area contributed by atoms with E-state index >= 15 is 0 Å². The summed E-state index contributed by atoms with van der Waals surface area (Å²) in [6.07, 6.45) is 1.00. The molecule has 0 saturated carbocycles. The maximum Gasteiger partial charge on any atom is 0.279 e. The highest BCUT2D eigenvalue weighted by atomic mass is 32.1. The molecule has 3 rings (SSSR count). The average Bonchev–Trinajstić information content (AvgIpc) is 2.87. The lowest BCUT2D eigenvalue weighted by Crippen LogP contribution is -2.17. The van der Waals surface area contributed by atoms with Gasteiger partial charge in [-0.2, -0.15) is 4.99 Å². The van der Waals surface area contributed by atoms with Gasteiger partial charge in [-0.3, -0.25) is 4.79 Å². The largest absolute Gasteiger partial charge is 0.316 e. The third-order valence-corrected chi connectivity index (χ3v) is 5.61. The fourth-order valence-corrected chi connectivity index (χ4v) is 4.09. The van der Waals surface area contributed by atoms with Crippen LogP contribution in [0.2, 0.25) is 0 Å². The lowest BCUT2D eigenvalue weighted by molar-refractivity contribution is 0.0997. The number of thiazole rings is 1. The van der Waals surface area contributed by atoms with Crippen LogP contribution in [0.1, 0.15) is 46.0 Å². The minimum absolute atomic E-state index is 0.161. The van der Waals surface area contributed by atoms with Crippen LogP contribution in [0.4, 0.5) is 0 Å². The van der Waals surface area contributed by atoms with Crippen LogP contribution in [0, 0.1) is 27.7 Å². The lowest BCUT2D eigenvalue weighted by atomic mass is 10.1. The number of carbonyl (C=O) groups is 1. The molecule has 0 bridgehead atoms. The van der Waals surface area contributed by atoms with E-state index in [0.717, 1.165) is 28.9 Å². The van der Waals surface area contributed by atoms with Gasteiger partial charge in [0.05, 0.1) is 10.2 Å². The van der Waals surface area contributed by atoms with Gasteiger partial charge >= 0.3 is 0 Å². The van der Waals surface area contributed by atoms with Gasteiger partial charge in [0, 0.05) is 12.1 Å². The number of fused-ring (bicyclic) bond motifs is 1. The fourth-order valence-electron chi connectivity index (χ4n) is 2.96. The smallest absolute Gasteiger partial charge is 0.279 e. The molecular weight excluding hydrogens is 328 g/mol. The van der Waals surface area contributed by atoms with Crippen LogP contribution < -0.4 is 4.80 Å². The molecule has 0 aliphatic heterocycles. The Morgan fingerprint density at radius 2 is 1.76 bits per heavy atom. The first-order valence-electron chi connectivity index (χ1n) is 8.67. The Kier molecular flexibility index (Phi) is 4.91. The van der Waals surface area contributed by atoms with Crippen LogP contribution >= 0.6 is 11.3 Å². The summed E-state index contributed by atoms with van der Waals surface area (Å²) in [5.41, 5.74) is 6.44. The fraction of sp³-hybridized carbons (Fsp3) is 0.333. The predicted molar refractivity (Wildman–Crippen MR) is 105 cm³/mol. The summed E-state index contributed by atoms with van der Waals surface area (Å²) in [4.78, 5) is 18.1. The number of benzene rings is 2. The lowest BCUT2D eigenvalue weighted by Gasteiger charge is -2.05. The normalized spacial score (nSPS) is 12.1. The van der Waals surface area contributed by atoms with Crippen LogP contribution in [-0.2, 0) is 6.54 Å². The first-order valence-corrected chi connectivity index (χ1v) is 9.49.